The largest absolute Gasteiger partial charge is 0.481 e. The molecule has 2 rings (SSSR count). The van der Waals surface area contributed by atoms with Gasteiger partial charge >= 0.3 is 18.2 Å². The molecule has 0 aliphatic heterocycles. The van der Waals surface area contributed by atoms with Crippen LogP contribution >= 0.6 is 0 Å². The molecule has 1 aromatic rings. The fourth-order valence-electron chi connectivity index (χ4n) is 3.10. The standard InChI is InChI=1S/C20H28N2O6/c1-20(2,3)28-19(26)22-16-11-14(17(23)24)9-10-15(16)21-18(25)27-12-13-7-5-4-6-8-13/h4-8,14-16H,9-12H2,1-3H3,(H,21,25)(H,22,26)(H,23,24)/t14-,15-,16+/m0/s1. The minimum Gasteiger partial charge on any atom is -0.481 e. The van der Waals surface area contributed by atoms with Crippen LogP contribution in [0.25, 0.3) is 0 Å². The summed E-state index contributed by atoms with van der Waals surface area (Å²) in [6.45, 7) is 5.35. The molecule has 8 nitrogen and oxygen atoms in total. The Morgan fingerprint density at radius 1 is 1.04 bits per heavy atom. The molecule has 1 saturated carbocycles. The first-order valence-corrected chi connectivity index (χ1v) is 9.33. The van der Waals surface area contributed by atoms with Crippen LogP contribution in [-0.2, 0) is 20.9 Å². The summed E-state index contributed by atoms with van der Waals surface area (Å²) >= 11 is 0. The smallest absolute Gasteiger partial charge is 0.407 e. The molecule has 154 valence electrons. The van der Waals surface area contributed by atoms with Crippen molar-refractivity contribution in [3.8, 4) is 0 Å². The number of rotatable bonds is 5. The van der Waals surface area contributed by atoms with Gasteiger partial charge in [0.15, 0.2) is 0 Å². The maximum atomic E-state index is 12.2. The molecule has 0 unspecified atom stereocenters. The van der Waals surface area contributed by atoms with Gasteiger partial charge in [-0.1, -0.05) is 30.3 Å². The van der Waals surface area contributed by atoms with Crippen molar-refractivity contribution >= 4 is 18.2 Å². The van der Waals surface area contributed by atoms with E-state index in [2.05, 4.69) is 10.6 Å². The van der Waals surface area contributed by atoms with Gasteiger partial charge in [-0.25, -0.2) is 9.59 Å². The second kappa shape index (κ2) is 9.43. The number of amides is 2. The summed E-state index contributed by atoms with van der Waals surface area (Å²) in [7, 11) is 0. The van der Waals surface area contributed by atoms with E-state index in [1.165, 1.54) is 0 Å². The van der Waals surface area contributed by atoms with Crippen LogP contribution in [0.2, 0.25) is 0 Å². The Balaban J connectivity index is 1.95. The summed E-state index contributed by atoms with van der Waals surface area (Å²) in [4.78, 5) is 35.6. The van der Waals surface area contributed by atoms with Crippen LogP contribution in [0.4, 0.5) is 9.59 Å². The number of alkyl carbamates (subject to hydrolysis) is 2. The van der Waals surface area contributed by atoms with Gasteiger partial charge in [-0.05, 0) is 45.6 Å². The van der Waals surface area contributed by atoms with Gasteiger partial charge in [-0.15, -0.1) is 0 Å². The molecular formula is C20H28N2O6. The molecule has 1 aromatic carbocycles. The minimum absolute atomic E-state index is 0.126. The molecular weight excluding hydrogens is 364 g/mol. The fraction of sp³-hybridized carbons (Fsp3) is 0.550. The second-order valence-corrected chi connectivity index (χ2v) is 7.91. The van der Waals surface area contributed by atoms with Crippen LogP contribution in [0.3, 0.4) is 0 Å². The van der Waals surface area contributed by atoms with E-state index in [9.17, 15) is 19.5 Å². The van der Waals surface area contributed by atoms with E-state index >= 15 is 0 Å². The molecule has 1 fully saturated rings. The summed E-state index contributed by atoms with van der Waals surface area (Å²) in [5, 5.41) is 14.7. The lowest BCUT2D eigenvalue weighted by molar-refractivity contribution is -0.143. The summed E-state index contributed by atoms with van der Waals surface area (Å²) in [5.41, 5.74) is 0.179. The Labute approximate surface area is 164 Å². The minimum atomic E-state index is -0.916. The lowest BCUT2D eigenvalue weighted by Gasteiger charge is -2.35. The Morgan fingerprint density at radius 2 is 1.68 bits per heavy atom. The molecule has 0 aromatic heterocycles. The van der Waals surface area contributed by atoms with Crippen molar-refractivity contribution in [2.75, 3.05) is 0 Å². The van der Waals surface area contributed by atoms with Crippen molar-refractivity contribution in [2.24, 2.45) is 5.92 Å². The Morgan fingerprint density at radius 3 is 2.29 bits per heavy atom. The molecule has 0 bridgehead atoms. The predicted molar refractivity (Wildman–Crippen MR) is 102 cm³/mol. The number of hydrogen-bond donors (Lipinski definition) is 3. The number of carboxylic acids is 1. The number of carboxylic acid groups (broad SMARTS) is 1. The van der Waals surface area contributed by atoms with E-state index in [4.69, 9.17) is 9.47 Å². The number of hydrogen-bond acceptors (Lipinski definition) is 5. The number of aliphatic carboxylic acids is 1. The van der Waals surface area contributed by atoms with Crippen LogP contribution < -0.4 is 10.6 Å². The Bertz CT molecular complexity index is 686. The van der Waals surface area contributed by atoms with Crippen LogP contribution in [0.1, 0.15) is 45.6 Å². The third-order valence-corrected chi connectivity index (χ3v) is 4.42. The monoisotopic (exact) mass is 392 g/mol. The normalized spacial score (nSPS) is 22.0. The molecule has 8 heteroatoms. The van der Waals surface area contributed by atoms with Gasteiger partial charge < -0.3 is 25.2 Å². The summed E-state index contributed by atoms with van der Waals surface area (Å²) in [6, 6.07) is 8.27. The van der Waals surface area contributed by atoms with Crippen molar-refractivity contribution < 1.29 is 29.0 Å². The quantitative estimate of drug-likeness (QED) is 0.710. The SMILES string of the molecule is CC(C)(C)OC(=O)N[C@@H]1C[C@@H](C(=O)O)CC[C@@H]1NC(=O)OCc1ccccc1. The zero-order valence-electron chi connectivity index (χ0n) is 16.4. The average Bonchev–Trinajstić information content (AvgIpc) is 2.60. The zero-order chi connectivity index (χ0) is 20.7. The highest BCUT2D eigenvalue weighted by atomic mass is 16.6. The van der Waals surface area contributed by atoms with E-state index in [0.29, 0.717) is 12.8 Å². The molecule has 3 N–H and O–H groups in total. The highest BCUT2D eigenvalue weighted by Gasteiger charge is 2.36. The van der Waals surface area contributed by atoms with Gasteiger partial charge in [0, 0.05) is 0 Å². The highest BCUT2D eigenvalue weighted by molar-refractivity contribution is 5.72. The maximum Gasteiger partial charge on any atom is 0.407 e. The van der Waals surface area contributed by atoms with E-state index in [1.807, 2.05) is 30.3 Å². The van der Waals surface area contributed by atoms with Gasteiger partial charge in [-0.2, -0.15) is 0 Å². The highest BCUT2D eigenvalue weighted by Crippen LogP contribution is 2.25. The molecule has 0 radical (unpaired) electrons. The van der Waals surface area contributed by atoms with Crippen LogP contribution in [0.15, 0.2) is 30.3 Å². The molecule has 1 aliphatic rings. The van der Waals surface area contributed by atoms with Crippen molar-refractivity contribution in [1.29, 1.82) is 0 Å². The lowest BCUT2D eigenvalue weighted by atomic mass is 9.82. The van der Waals surface area contributed by atoms with E-state index in [1.54, 1.807) is 20.8 Å². The third-order valence-electron chi connectivity index (χ3n) is 4.42. The molecule has 28 heavy (non-hydrogen) atoms. The number of nitrogens with one attached hydrogen (secondary N) is 2. The molecule has 0 heterocycles. The molecule has 0 saturated heterocycles. The maximum absolute atomic E-state index is 12.2. The summed E-state index contributed by atoms with van der Waals surface area (Å²) < 4.78 is 10.5. The molecule has 0 spiro atoms. The lowest BCUT2D eigenvalue weighted by Crippen LogP contribution is -2.55. The first-order valence-electron chi connectivity index (χ1n) is 9.33. The number of ether oxygens (including phenoxy) is 2. The van der Waals surface area contributed by atoms with E-state index in [0.717, 1.165) is 5.56 Å². The van der Waals surface area contributed by atoms with Crippen LogP contribution in [-0.4, -0.2) is 40.9 Å². The van der Waals surface area contributed by atoms with Gasteiger partial charge in [0.05, 0.1) is 18.0 Å². The first-order chi connectivity index (χ1) is 13.1. The van der Waals surface area contributed by atoms with E-state index < -0.39 is 41.8 Å². The molecule has 1 aliphatic carbocycles. The third kappa shape index (κ3) is 7.09. The van der Waals surface area contributed by atoms with Gasteiger partial charge in [0.1, 0.15) is 12.2 Å². The fourth-order valence-corrected chi connectivity index (χ4v) is 3.10. The number of carbonyl (C=O) groups excluding carboxylic acids is 2. The number of carbonyl (C=O) groups is 3. The van der Waals surface area contributed by atoms with Crippen LogP contribution in [0.5, 0.6) is 0 Å². The van der Waals surface area contributed by atoms with E-state index in [-0.39, 0.29) is 13.0 Å². The predicted octanol–water partition coefficient (Wildman–Crippen LogP) is 3.06. The van der Waals surface area contributed by atoms with Crippen molar-refractivity contribution in [1.82, 2.24) is 10.6 Å². The van der Waals surface area contributed by atoms with Crippen molar-refractivity contribution in [2.45, 2.75) is 64.3 Å². The molecule has 2 amide bonds. The first kappa shape index (κ1) is 21.5. The van der Waals surface area contributed by atoms with Crippen molar-refractivity contribution in [3.63, 3.8) is 0 Å². The van der Waals surface area contributed by atoms with Gasteiger partial charge in [-0.3, -0.25) is 4.79 Å². The van der Waals surface area contributed by atoms with Gasteiger partial charge in [0.2, 0.25) is 0 Å². The molecule has 3 atom stereocenters. The van der Waals surface area contributed by atoms with Crippen LogP contribution in [0, 0.1) is 5.92 Å². The van der Waals surface area contributed by atoms with Gasteiger partial charge in [0.25, 0.3) is 0 Å². The summed E-state index contributed by atoms with van der Waals surface area (Å²) in [5.74, 6) is -1.50. The summed E-state index contributed by atoms with van der Waals surface area (Å²) in [6.07, 6.45) is -0.228. The topological polar surface area (TPSA) is 114 Å². The van der Waals surface area contributed by atoms with Crippen molar-refractivity contribution in [3.05, 3.63) is 35.9 Å². The Kier molecular flexibility index (Phi) is 7.25. The average molecular weight is 392 g/mol. The Hall–Kier alpha value is -2.77. The number of benzene rings is 1. The zero-order valence-corrected chi connectivity index (χ0v) is 16.4. The second-order valence-electron chi connectivity index (χ2n) is 7.91.